The predicted molar refractivity (Wildman–Crippen MR) is 98.3 cm³/mol. The summed E-state index contributed by atoms with van der Waals surface area (Å²) >= 11 is 0. The van der Waals surface area contributed by atoms with E-state index < -0.39 is 0 Å². The number of amides is 2. The Morgan fingerprint density at radius 2 is 2.20 bits per heavy atom. The zero-order valence-electron chi connectivity index (χ0n) is 15.6. The summed E-state index contributed by atoms with van der Waals surface area (Å²) in [4.78, 5) is 27.1. The van der Waals surface area contributed by atoms with Gasteiger partial charge in [0.05, 0.1) is 12.5 Å². The summed E-state index contributed by atoms with van der Waals surface area (Å²) in [6, 6.07) is 7.71. The maximum Gasteiger partial charge on any atom is 0.253 e. The van der Waals surface area contributed by atoms with Gasteiger partial charge in [-0.15, -0.1) is 0 Å². The first-order chi connectivity index (χ1) is 12.0. The number of piperidine rings is 1. The Morgan fingerprint density at radius 3 is 2.92 bits per heavy atom. The van der Waals surface area contributed by atoms with Crippen LogP contribution in [0.4, 0.5) is 0 Å². The lowest BCUT2D eigenvalue weighted by Gasteiger charge is -2.32. The Morgan fingerprint density at radius 1 is 1.40 bits per heavy atom. The molecule has 1 aliphatic rings. The van der Waals surface area contributed by atoms with Gasteiger partial charge in [0.1, 0.15) is 0 Å². The van der Waals surface area contributed by atoms with Crippen LogP contribution >= 0.6 is 0 Å². The van der Waals surface area contributed by atoms with Gasteiger partial charge in [0, 0.05) is 31.8 Å². The Labute approximate surface area is 150 Å². The van der Waals surface area contributed by atoms with Crippen LogP contribution in [0, 0.1) is 5.92 Å². The second-order valence-corrected chi connectivity index (χ2v) is 6.92. The highest BCUT2D eigenvalue weighted by atomic mass is 16.5. The van der Waals surface area contributed by atoms with Gasteiger partial charge in [-0.3, -0.25) is 9.59 Å². The van der Waals surface area contributed by atoms with Gasteiger partial charge in [-0.05, 0) is 43.9 Å². The fourth-order valence-corrected chi connectivity index (χ4v) is 3.38. The fourth-order valence-electron chi connectivity index (χ4n) is 3.38. The maximum atomic E-state index is 12.8. The van der Waals surface area contributed by atoms with Gasteiger partial charge in [-0.1, -0.05) is 25.5 Å². The number of benzene rings is 1. The lowest BCUT2D eigenvalue weighted by Crippen LogP contribution is -2.47. The SMILES string of the molecule is CCC[C@@H](C)NC(=O)[C@@H]1CCCN(C(=O)c2cccc(COC)c2)C1. The summed E-state index contributed by atoms with van der Waals surface area (Å²) in [6.07, 6.45) is 3.74. The predicted octanol–water partition coefficient (Wildman–Crippen LogP) is 2.99. The van der Waals surface area contributed by atoms with Crippen LogP contribution in [-0.4, -0.2) is 43.0 Å². The van der Waals surface area contributed by atoms with Crippen molar-refractivity contribution in [2.75, 3.05) is 20.2 Å². The van der Waals surface area contributed by atoms with E-state index >= 15 is 0 Å². The zero-order valence-corrected chi connectivity index (χ0v) is 15.6. The molecule has 5 heteroatoms. The van der Waals surface area contributed by atoms with E-state index in [1.165, 1.54) is 0 Å². The number of carbonyl (C=O) groups is 2. The third-order valence-corrected chi connectivity index (χ3v) is 4.67. The Hall–Kier alpha value is -1.88. The number of ether oxygens (including phenoxy) is 1. The highest BCUT2D eigenvalue weighted by Gasteiger charge is 2.29. The van der Waals surface area contributed by atoms with E-state index in [1.54, 1.807) is 7.11 Å². The molecule has 1 fully saturated rings. The van der Waals surface area contributed by atoms with Crippen LogP contribution < -0.4 is 5.32 Å². The number of hydrogen-bond acceptors (Lipinski definition) is 3. The van der Waals surface area contributed by atoms with Gasteiger partial charge in [0.25, 0.3) is 5.91 Å². The maximum absolute atomic E-state index is 12.8. The molecule has 1 N–H and O–H groups in total. The molecule has 2 atom stereocenters. The normalized spacial score (nSPS) is 18.7. The van der Waals surface area contributed by atoms with Crippen molar-refractivity contribution in [3.8, 4) is 0 Å². The van der Waals surface area contributed by atoms with Gasteiger partial charge in [0.2, 0.25) is 5.91 Å². The molecule has 138 valence electrons. The third kappa shape index (κ3) is 5.56. The Bertz CT molecular complexity index is 588. The summed E-state index contributed by atoms with van der Waals surface area (Å²) in [5, 5.41) is 3.08. The average Bonchev–Trinajstić information content (AvgIpc) is 2.62. The van der Waals surface area contributed by atoms with Crippen LogP contribution in [0.1, 0.15) is 55.5 Å². The molecule has 5 nitrogen and oxygen atoms in total. The molecule has 1 aromatic rings. The van der Waals surface area contributed by atoms with Gasteiger partial charge in [-0.25, -0.2) is 0 Å². The smallest absolute Gasteiger partial charge is 0.253 e. The molecular formula is C20H30N2O3. The van der Waals surface area contributed by atoms with Crippen LogP contribution in [-0.2, 0) is 16.1 Å². The van der Waals surface area contributed by atoms with E-state index in [1.807, 2.05) is 36.1 Å². The van der Waals surface area contributed by atoms with Crippen molar-refractivity contribution >= 4 is 11.8 Å². The lowest BCUT2D eigenvalue weighted by molar-refractivity contribution is -0.127. The Balaban J connectivity index is 1.99. The number of carbonyl (C=O) groups excluding carboxylic acids is 2. The second-order valence-electron chi connectivity index (χ2n) is 6.92. The molecule has 0 saturated carbocycles. The standard InChI is InChI=1S/C20H30N2O3/c1-4-7-15(2)21-19(23)18-10-6-11-22(13-18)20(24)17-9-5-8-16(12-17)14-25-3/h5,8-9,12,15,18H,4,6-7,10-11,13-14H2,1-3H3,(H,21,23)/t15-,18-/m1/s1. The molecule has 1 heterocycles. The molecule has 1 aliphatic heterocycles. The van der Waals surface area contributed by atoms with E-state index in [0.717, 1.165) is 31.2 Å². The van der Waals surface area contributed by atoms with Crippen molar-refractivity contribution in [1.29, 1.82) is 0 Å². The zero-order chi connectivity index (χ0) is 18.2. The summed E-state index contributed by atoms with van der Waals surface area (Å²) < 4.78 is 5.14. The number of hydrogen-bond donors (Lipinski definition) is 1. The lowest BCUT2D eigenvalue weighted by atomic mass is 9.95. The monoisotopic (exact) mass is 346 g/mol. The Kier molecular flexibility index (Phi) is 7.44. The molecule has 0 aromatic heterocycles. The molecule has 2 amide bonds. The van der Waals surface area contributed by atoms with E-state index in [-0.39, 0.29) is 23.8 Å². The number of nitrogens with zero attached hydrogens (tertiary/aromatic N) is 1. The number of rotatable bonds is 7. The molecule has 25 heavy (non-hydrogen) atoms. The summed E-state index contributed by atoms with van der Waals surface area (Å²) in [7, 11) is 1.64. The van der Waals surface area contributed by atoms with Gasteiger partial charge in [0.15, 0.2) is 0 Å². The number of likely N-dealkylation sites (tertiary alicyclic amines) is 1. The van der Waals surface area contributed by atoms with Crippen molar-refractivity contribution in [3.63, 3.8) is 0 Å². The van der Waals surface area contributed by atoms with Crippen molar-refractivity contribution in [2.24, 2.45) is 5.92 Å². The molecule has 0 aliphatic carbocycles. The van der Waals surface area contributed by atoms with Crippen molar-refractivity contribution in [3.05, 3.63) is 35.4 Å². The van der Waals surface area contributed by atoms with E-state index in [2.05, 4.69) is 12.2 Å². The first kappa shape index (κ1) is 19.4. The highest BCUT2D eigenvalue weighted by molar-refractivity contribution is 5.95. The van der Waals surface area contributed by atoms with Crippen LogP contribution in [0.5, 0.6) is 0 Å². The van der Waals surface area contributed by atoms with Crippen molar-refractivity contribution < 1.29 is 14.3 Å². The van der Waals surface area contributed by atoms with Crippen molar-refractivity contribution in [1.82, 2.24) is 10.2 Å². The summed E-state index contributed by atoms with van der Waals surface area (Å²) in [6.45, 7) is 5.84. The average molecular weight is 346 g/mol. The van der Waals surface area contributed by atoms with E-state index in [4.69, 9.17) is 4.74 Å². The van der Waals surface area contributed by atoms with E-state index in [9.17, 15) is 9.59 Å². The molecular weight excluding hydrogens is 316 g/mol. The molecule has 1 saturated heterocycles. The first-order valence-electron chi connectivity index (χ1n) is 9.22. The minimum absolute atomic E-state index is 0.00272. The quantitative estimate of drug-likeness (QED) is 0.826. The summed E-state index contributed by atoms with van der Waals surface area (Å²) in [5.74, 6) is -0.0391. The topological polar surface area (TPSA) is 58.6 Å². The van der Waals surface area contributed by atoms with Crippen LogP contribution in [0.25, 0.3) is 0 Å². The van der Waals surface area contributed by atoms with Gasteiger partial charge in [-0.2, -0.15) is 0 Å². The van der Waals surface area contributed by atoms with Crippen molar-refractivity contribution in [2.45, 2.75) is 52.2 Å². The number of methoxy groups -OCH3 is 1. The minimum Gasteiger partial charge on any atom is -0.380 e. The molecule has 2 rings (SSSR count). The number of nitrogens with one attached hydrogen (secondary N) is 1. The van der Waals surface area contributed by atoms with Crippen LogP contribution in [0.3, 0.4) is 0 Å². The van der Waals surface area contributed by atoms with Crippen LogP contribution in [0.2, 0.25) is 0 Å². The van der Waals surface area contributed by atoms with E-state index in [0.29, 0.717) is 25.3 Å². The van der Waals surface area contributed by atoms with Gasteiger partial charge < -0.3 is 15.0 Å². The van der Waals surface area contributed by atoms with Crippen LogP contribution in [0.15, 0.2) is 24.3 Å². The first-order valence-corrected chi connectivity index (χ1v) is 9.22. The molecule has 0 bridgehead atoms. The summed E-state index contributed by atoms with van der Waals surface area (Å²) in [5.41, 5.74) is 1.64. The fraction of sp³-hybridized carbons (Fsp3) is 0.600. The highest BCUT2D eigenvalue weighted by Crippen LogP contribution is 2.20. The molecule has 0 unspecified atom stereocenters. The largest absolute Gasteiger partial charge is 0.380 e. The molecule has 0 radical (unpaired) electrons. The van der Waals surface area contributed by atoms with Gasteiger partial charge >= 0.3 is 0 Å². The second kappa shape index (κ2) is 9.56. The minimum atomic E-state index is -0.112. The molecule has 1 aromatic carbocycles. The third-order valence-electron chi connectivity index (χ3n) is 4.67. The molecule has 0 spiro atoms.